The predicted octanol–water partition coefficient (Wildman–Crippen LogP) is -3.07. The molecule has 2 aliphatic rings. The van der Waals surface area contributed by atoms with Gasteiger partial charge in [-0.3, -0.25) is 14.4 Å². The van der Waals surface area contributed by atoms with Crippen LogP contribution in [-0.4, -0.2) is 138 Å². The minimum absolute atomic E-state index is 0.0491. The summed E-state index contributed by atoms with van der Waals surface area (Å²) in [6.07, 6.45) is -16.6. The Bertz CT molecular complexity index is 1560. The lowest BCUT2D eigenvalue weighted by atomic mass is 9.99. The molecule has 0 bridgehead atoms. The third-order valence-corrected chi connectivity index (χ3v) is 7.42. The fourth-order valence-corrected chi connectivity index (χ4v) is 4.75. The Labute approximate surface area is 269 Å². The third kappa shape index (κ3) is 8.25. The van der Waals surface area contributed by atoms with Gasteiger partial charge in [-0.05, 0) is 29.8 Å². The number of ether oxygens (including phenoxy) is 4. The molecule has 2 fully saturated rings. The van der Waals surface area contributed by atoms with Gasteiger partial charge in [-0.15, -0.1) is 0 Å². The van der Waals surface area contributed by atoms with E-state index in [-0.39, 0.29) is 16.9 Å². The molecule has 2 saturated heterocycles. The zero-order chi connectivity index (χ0) is 35.3. The van der Waals surface area contributed by atoms with Crippen LogP contribution in [0.4, 0.5) is 0 Å². The maximum absolute atomic E-state index is 12.3. The number of benzene rings is 2. The lowest BCUT2D eigenvalue weighted by molar-refractivity contribution is -0.296. The van der Waals surface area contributed by atoms with E-state index in [1.54, 1.807) is 12.1 Å². The summed E-state index contributed by atoms with van der Waals surface area (Å²) < 4.78 is 24.6. The van der Waals surface area contributed by atoms with Crippen LogP contribution in [0.15, 0.2) is 57.9 Å². The molecular formula is C30H34O18. The molecule has 262 valence electrons. The van der Waals surface area contributed by atoms with Crippen LogP contribution in [0.2, 0.25) is 0 Å². The van der Waals surface area contributed by atoms with Crippen LogP contribution >= 0.6 is 0 Å². The molecule has 18 heteroatoms. The molecule has 2 unspecified atom stereocenters. The van der Waals surface area contributed by atoms with E-state index in [4.69, 9.17) is 33.6 Å². The SMILES string of the molecule is O=C(CC(=O)OC1O[C@H](CO)[C@@H](O)[C@H](O)[C@H]1O)OC1O[C@H](CO)[C@@H](O)[C@H](O)[C@H]1O.O=c1c(-c2ccc(O)cc2)coc2cc(O)ccc12. The maximum atomic E-state index is 12.3. The number of carbonyl (C=O) groups is 2. The van der Waals surface area contributed by atoms with Gasteiger partial charge in [0.05, 0.1) is 24.2 Å². The number of esters is 2. The number of fused-ring (bicyclic) bond motifs is 1. The minimum atomic E-state index is -1.86. The lowest BCUT2D eigenvalue weighted by Gasteiger charge is -2.39. The molecule has 3 aromatic rings. The molecule has 3 heterocycles. The topological polar surface area (TPSA) is 304 Å². The Kier molecular flexibility index (Phi) is 12.0. The number of hydrogen-bond donors (Lipinski definition) is 10. The number of phenols is 2. The van der Waals surface area contributed by atoms with Crippen LogP contribution in [0.1, 0.15) is 6.42 Å². The summed E-state index contributed by atoms with van der Waals surface area (Å²) in [6.45, 7) is -1.50. The fraction of sp³-hybridized carbons (Fsp3) is 0.433. The molecule has 1 aromatic heterocycles. The van der Waals surface area contributed by atoms with E-state index in [1.807, 2.05) is 0 Å². The van der Waals surface area contributed by atoms with Crippen LogP contribution in [0.3, 0.4) is 0 Å². The first-order valence-corrected chi connectivity index (χ1v) is 14.3. The standard InChI is InChI=1S/C15H24O14.C15H10O4/c16-2-4-8(20)10(22)12(24)14(26-4)28-6(18)1-7(19)29-15-13(25)11(23)9(21)5(3-17)27-15;16-10-3-1-9(2-4-10)13-8-19-14-7-11(17)5-6-12(14)15(13)18/h4-5,8-17,20-25H,1-3H2;1-8,16-17H/t4-,5-,8-,9-,10+,11+,12-,13-,14?,15?;/m1./s1. The second kappa shape index (κ2) is 15.8. The van der Waals surface area contributed by atoms with Crippen molar-refractivity contribution in [2.75, 3.05) is 13.2 Å². The average molecular weight is 683 g/mol. The molecule has 10 atom stereocenters. The molecule has 0 radical (unpaired) electrons. The first-order valence-electron chi connectivity index (χ1n) is 14.3. The smallest absolute Gasteiger partial charge is 0.319 e. The van der Waals surface area contributed by atoms with Crippen LogP contribution in [0.5, 0.6) is 11.5 Å². The van der Waals surface area contributed by atoms with Gasteiger partial charge in [0, 0.05) is 6.07 Å². The molecule has 10 N–H and O–H groups in total. The van der Waals surface area contributed by atoms with Crippen LogP contribution in [-0.2, 0) is 28.5 Å². The second-order valence-corrected chi connectivity index (χ2v) is 10.8. The van der Waals surface area contributed by atoms with Crippen LogP contribution in [0, 0.1) is 0 Å². The van der Waals surface area contributed by atoms with Crippen LogP contribution in [0.25, 0.3) is 22.1 Å². The van der Waals surface area contributed by atoms with Crippen molar-refractivity contribution in [3.8, 4) is 22.6 Å². The zero-order valence-corrected chi connectivity index (χ0v) is 24.8. The van der Waals surface area contributed by atoms with Gasteiger partial charge in [0.1, 0.15) is 78.6 Å². The highest BCUT2D eigenvalue weighted by atomic mass is 16.7. The Balaban J connectivity index is 0.000000235. The number of carbonyl (C=O) groups excluding carboxylic acids is 2. The molecule has 5 rings (SSSR count). The third-order valence-electron chi connectivity index (χ3n) is 7.42. The molecule has 0 amide bonds. The number of aromatic hydroxyl groups is 2. The molecule has 48 heavy (non-hydrogen) atoms. The highest BCUT2D eigenvalue weighted by molar-refractivity contribution is 5.91. The van der Waals surface area contributed by atoms with E-state index in [0.29, 0.717) is 22.1 Å². The summed E-state index contributed by atoms with van der Waals surface area (Å²) in [5.41, 5.74) is 1.25. The van der Waals surface area contributed by atoms with Gasteiger partial charge in [-0.2, -0.15) is 0 Å². The van der Waals surface area contributed by atoms with Crippen molar-refractivity contribution in [3.05, 3.63) is 59.0 Å². The largest absolute Gasteiger partial charge is 0.508 e. The number of rotatable bonds is 7. The summed E-state index contributed by atoms with van der Waals surface area (Å²) in [5.74, 6) is -2.39. The Morgan fingerprint density at radius 1 is 0.667 bits per heavy atom. The quantitative estimate of drug-likeness (QED) is 0.0873. The van der Waals surface area contributed by atoms with Crippen LogP contribution < -0.4 is 5.43 Å². The van der Waals surface area contributed by atoms with E-state index in [1.165, 1.54) is 36.6 Å². The molecule has 0 spiro atoms. The predicted molar refractivity (Wildman–Crippen MR) is 156 cm³/mol. The van der Waals surface area contributed by atoms with Crippen molar-refractivity contribution in [1.82, 2.24) is 0 Å². The van der Waals surface area contributed by atoms with Gasteiger partial charge in [-0.25, -0.2) is 0 Å². The average Bonchev–Trinajstić information content (AvgIpc) is 3.06. The van der Waals surface area contributed by atoms with Crippen molar-refractivity contribution in [2.24, 2.45) is 0 Å². The molecule has 0 aliphatic carbocycles. The first-order chi connectivity index (χ1) is 22.7. The van der Waals surface area contributed by atoms with Crippen molar-refractivity contribution >= 4 is 22.9 Å². The van der Waals surface area contributed by atoms with E-state index in [0.717, 1.165) is 0 Å². The molecule has 18 nitrogen and oxygen atoms in total. The number of hydrogen-bond acceptors (Lipinski definition) is 18. The summed E-state index contributed by atoms with van der Waals surface area (Å²) in [5, 5.41) is 95.2. The number of aliphatic hydroxyl groups is 8. The Morgan fingerprint density at radius 2 is 1.15 bits per heavy atom. The first kappa shape index (κ1) is 36.6. The number of aliphatic hydroxyl groups excluding tert-OH is 8. The van der Waals surface area contributed by atoms with Crippen molar-refractivity contribution in [1.29, 1.82) is 0 Å². The Morgan fingerprint density at radius 3 is 1.62 bits per heavy atom. The molecule has 2 aliphatic heterocycles. The zero-order valence-electron chi connectivity index (χ0n) is 24.8. The monoisotopic (exact) mass is 682 g/mol. The van der Waals surface area contributed by atoms with E-state index >= 15 is 0 Å². The molecule has 2 aromatic carbocycles. The van der Waals surface area contributed by atoms with E-state index in [2.05, 4.69) is 0 Å². The highest BCUT2D eigenvalue weighted by Gasteiger charge is 2.47. The highest BCUT2D eigenvalue weighted by Crippen LogP contribution is 2.25. The van der Waals surface area contributed by atoms with Gasteiger partial charge in [0.25, 0.3) is 0 Å². The van der Waals surface area contributed by atoms with E-state index < -0.39 is 93.0 Å². The summed E-state index contributed by atoms with van der Waals surface area (Å²) in [6, 6.07) is 10.7. The van der Waals surface area contributed by atoms with Crippen molar-refractivity contribution < 1.29 is 84.0 Å². The van der Waals surface area contributed by atoms with Gasteiger partial charge in [-0.1, -0.05) is 12.1 Å². The maximum Gasteiger partial charge on any atom is 0.319 e. The Hall–Kier alpha value is -4.21. The molecule has 0 saturated carbocycles. The summed E-state index contributed by atoms with van der Waals surface area (Å²) >= 11 is 0. The van der Waals surface area contributed by atoms with E-state index in [9.17, 15) is 55.2 Å². The molecular weight excluding hydrogens is 648 g/mol. The second-order valence-electron chi connectivity index (χ2n) is 10.8. The lowest BCUT2D eigenvalue weighted by Crippen LogP contribution is -2.60. The normalized spacial score (nSPS) is 30.2. The fourth-order valence-electron chi connectivity index (χ4n) is 4.75. The number of phenolic OH excluding ortho intramolecular Hbond substituents is 2. The van der Waals surface area contributed by atoms with Crippen molar-refractivity contribution in [2.45, 2.75) is 67.8 Å². The minimum Gasteiger partial charge on any atom is -0.508 e. The summed E-state index contributed by atoms with van der Waals surface area (Å²) in [7, 11) is 0. The van der Waals surface area contributed by atoms with Gasteiger partial charge in [0.2, 0.25) is 12.6 Å². The van der Waals surface area contributed by atoms with Gasteiger partial charge >= 0.3 is 11.9 Å². The van der Waals surface area contributed by atoms with Gasteiger partial charge in [0.15, 0.2) is 5.43 Å². The van der Waals surface area contributed by atoms with Gasteiger partial charge < -0.3 is 74.4 Å². The summed E-state index contributed by atoms with van der Waals surface area (Å²) in [4.78, 5) is 36.0. The van der Waals surface area contributed by atoms with Crippen molar-refractivity contribution in [3.63, 3.8) is 0 Å².